The second-order valence-electron chi connectivity index (χ2n) is 4.08. The topological polar surface area (TPSA) is 17.8 Å². The monoisotopic (exact) mass is 294 g/mol. The highest BCUT2D eigenvalue weighted by atomic mass is 35.5. The highest BCUT2D eigenvalue weighted by molar-refractivity contribution is 6.30. The van der Waals surface area contributed by atoms with E-state index in [-0.39, 0.29) is 11.7 Å². The lowest BCUT2D eigenvalue weighted by Gasteiger charge is -2.08. The van der Waals surface area contributed by atoms with E-state index < -0.39 is 0 Å². The molecule has 1 aromatic heterocycles. The van der Waals surface area contributed by atoms with Gasteiger partial charge in [-0.05, 0) is 30.3 Å². The zero-order valence-corrected chi connectivity index (χ0v) is 11.3. The fraction of sp³-hybridized carbons (Fsp3) is 0.0714. The molecule has 0 saturated heterocycles. The highest BCUT2D eigenvalue weighted by Crippen LogP contribution is 2.25. The summed E-state index contributed by atoms with van der Waals surface area (Å²) < 4.78 is 15.6. The van der Waals surface area contributed by atoms with Gasteiger partial charge in [0.25, 0.3) is 0 Å². The first-order chi connectivity index (χ1) is 9.20. The third-order valence-corrected chi connectivity index (χ3v) is 3.37. The van der Waals surface area contributed by atoms with Crippen molar-refractivity contribution < 1.29 is 4.39 Å². The fourth-order valence-electron chi connectivity index (χ4n) is 2.11. The number of nitrogens with zero attached hydrogens (tertiary/aromatic N) is 2. The van der Waals surface area contributed by atoms with Gasteiger partial charge in [0, 0.05) is 10.7 Å². The van der Waals surface area contributed by atoms with E-state index in [1.165, 1.54) is 6.07 Å². The van der Waals surface area contributed by atoms with Gasteiger partial charge < -0.3 is 0 Å². The molecule has 0 atom stereocenters. The van der Waals surface area contributed by atoms with Crippen LogP contribution in [0.1, 0.15) is 5.82 Å². The van der Waals surface area contributed by atoms with E-state index in [4.69, 9.17) is 23.2 Å². The highest BCUT2D eigenvalue weighted by Gasteiger charge is 2.14. The maximum absolute atomic E-state index is 13.8. The minimum atomic E-state index is -0.357. The Labute approximate surface area is 119 Å². The number of imidazole rings is 1. The Bertz CT molecular complexity index is 752. The van der Waals surface area contributed by atoms with E-state index in [9.17, 15) is 4.39 Å². The van der Waals surface area contributed by atoms with Crippen LogP contribution in [0.3, 0.4) is 0 Å². The Kier molecular flexibility index (Phi) is 3.17. The van der Waals surface area contributed by atoms with Crippen molar-refractivity contribution in [3.05, 3.63) is 59.1 Å². The standard InChI is InChI=1S/C14H9Cl2FN2/c15-8-13-18-14-11(17)5-2-6-12(14)19(13)10-4-1-3-9(16)7-10/h1-7H,8H2. The van der Waals surface area contributed by atoms with Crippen molar-refractivity contribution in [2.75, 3.05) is 0 Å². The van der Waals surface area contributed by atoms with Crippen LogP contribution in [0.15, 0.2) is 42.5 Å². The molecule has 0 bridgehead atoms. The Hall–Kier alpha value is -1.58. The molecule has 0 fully saturated rings. The van der Waals surface area contributed by atoms with Crippen LogP contribution in [0, 0.1) is 5.82 Å². The molecule has 1 heterocycles. The van der Waals surface area contributed by atoms with Crippen molar-refractivity contribution >= 4 is 34.2 Å². The zero-order valence-electron chi connectivity index (χ0n) is 9.78. The first-order valence-corrected chi connectivity index (χ1v) is 6.59. The van der Waals surface area contributed by atoms with Gasteiger partial charge in [-0.1, -0.05) is 23.7 Å². The van der Waals surface area contributed by atoms with Crippen LogP contribution < -0.4 is 0 Å². The van der Waals surface area contributed by atoms with Crippen molar-refractivity contribution in [3.63, 3.8) is 0 Å². The van der Waals surface area contributed by atoms with Gasteiger partial charge in [-0.25, -0.2) is 9.37 Å². The maximum Gasteiger partial charge on any atom is 0.151 e. The molecule has 0 unspecified atom stereocenters. The molecule has 19 heavy (non-hydrogen) atoms. The summed E-state index contributed by atoms with van der Waals surface area (Å²) in [4.78, 5) is 4.25. The van der Waals surface area contributed by atoms with Crippen molar-refractivity contribution in [2.24, 2.45) is 0 Å². The minimum absolute atomic E-state index is 0.195. The predicted molar refractivity (Wildman–Crippen MR) is 75.6 cm³/mol. The summed E-state index contributed by atoms with van der Waals surface area (Å²) in [7, 11) is 0. The van der Waals surface area contributed by atoms with Crippen molar-refractivity contribution in [1.82, 2.24) is 9.55 Å². The second kappa shape index (κ2) is 4.83. The van der Waals surface area contributed by atoms with Crippen LogP contribution in [-0.4, -0.2) is 9.55 Å². The van der Waals surface area contributed by atoms with Crippen LogP contribution in [0.2, 0.25) is 5.02 Å². The molecule has 0 radical (unpaired) electrons. The van der Waals surface area contributed by atoms with Crippen LogP contribution in [0.25, 0.3) is 16.7 Å². The number of alkyl halides is 1. The largest absolute Gasteiger partial charge is 0.295 e. The molecule has 0 aliphatic heterocycles. The fourth-order valence-corrected chi connectivity index (χ4v) is 2.47. The molecule has 5 heteroatoms. The molecule has 0 spiro atoms. The number of rotatable bonds is 2. The van der Waals surface area contributed by atoms with E-state index in [2.05, 4.69) is 4.98 Å². The van der Waals surface area contributed by atoms with Crippen molar-refractivity contribution in [1.29, 1.82) is 0 Å². The lowest BCUT2D eigenvalue weighted by atomic mass is 10.2. The van der Waals surface area contributed by atoms with E-state index in [0.29, 0.717) is 21.9 Å². The van der Waals surface area contributed by atoms with Crippen molar-refractivity contribution in [2.45, 2.75) is 5.88 Å². The Morgan fingerprint density at radius 3 is 2.68 bits per heavy atom. The van der Waals surface area contributed by atoms with E-state index in [1.54, 1.807) is 18.2 Å². The number of aromatic nitrogens is 2. The molecule has 0 amide bonds. The third-order valence-electron chi connectivity index (χ3n) is 2.89. The second-order valence-corrected chi connectivity index (χ2v) is 4.79. The van der Waals surface area contributed by atoms with Gasteiger partial charge in [0.2, 0.25) is 0 Å². The van der Waals surface area contributed by atoms with Crippen LogP contribution >= 0.6 is 23.2 Å². The van der Waals surface area contributed by atoms with Gasteiger partial charge in [-0.3, -0.25) is 4.57 Å². The van der Waals surface area contributed by atoms with Gasteiger partial charge in [-0.2, -0.15) is 0 Å². The summed E-state index contributed by atoms with van der Waals surface area (Å²) in [6.45, 7) is 0. The molecular formula is C14H9Cl2FN2. The van der Waals surface area contributed by atoms with Gasteiger partial charge in [0.05, 0.1) is 11.4 Å². The van der Waals surface area contributed by atoms with E-state index in [0.717, 1.165) is 5.69 Å². The van der Waals surface area contributed by atoms with Crippen LogP contribution in [-0.2, 0) is 5.88 Å². The molecule has 3 aromatic rings. The Balaban J connectivity index is 2.36. The first-order valence-electron chi connectivity index (χ1n) is 5.68. The number of hydrogen-bond acceptors (Lipinski definition) is 1. The summed E-state index contributed by atoms with van der Waals surface area (Å²) in [5.41, 5.74) is 1.81. The van der Waals surface area contributed by atoms with Gasteiger partial charge in [0.15, 0.2) is 5.82 Å². The number of fused-ring (bicyclic) bond motifs is 1. The average Bonchev–Trinajstić information content (AvgIpc) is 2.78. The van der Waals surface area contributed by atoms with Gasteiger partial charge in [0.1, 0.15) is 11.3 Å². The maximum atomic E-state index is 13.8. The predicted octanol–water partition coefficient (Wildman–Crippen LogP) is 4.56. The lowest BCUT2D eigenvalue weighted by Crippen LogP contribution is -1.98. The molecule has 0 aliphatic rings. The summed E-state index contributed by atoms with van der Waals surface area (Å²) in [5.74, 6) is 0.425. The minimum Gasteiger partial charge on any atom is -0.295 e. The van der Waals surface area contributed by atoms with Crippen LogP contribution in [0.5, 0.6) is 0 Å². The lowest BCUT2D eigenvalue weighted by molar-refractivity contribution is 0.637. The van der Waals surface area contributed by atoms with Gasteiger partial charge in [-0.15, -0.1) is 11.6 Å². The molecule has 0 N–H and O–H groups in total. The molecular weight excluding hydrogens is 286 g/mol. The summed E-state index contributed by atoms with van der Waals surface area (Å²) in [6.07, 6.45) is 0. The SMILES string of the molecule is Fc1cccc2c1nc(CCl)n2-c1cccc(Cl)c1. The van der Waals surface area contributed by atoms with E-state index >= 15 is 0 Å². The van der Waals surface area contributed by atoms with Crippen molar-refractivity contribution in [3.8, 4) is 5.69 Å². The smallest absolute Gasteiger partial charge is 0.151 e. The quantitative estimate of drug-likeness (QED) is 0.634. The molecule has 3 rings (SSSR count). The summed E-state index contributed by atoms with van der Waals surface area (Å²) in [5, 5.41) is 0.608. The number of para-hydroxylation sites is 1. The first kappa shape index (κ1) is 12.5. The molecule has 2 nitrogen and oxygen atoms in total. The normalized spacial score (nSPS) is 11.1. The molecule has 96 valence electrons. The Morgan fingerprint density at radius 2 is 1.95 bits per heavy atom. The number of benzene rings is 2. The van der Waals surface area contributed by atoms with Gasteiger partial charge >= 0.3 is 0 Å². The summed E-state index contributed by atoms with van der Waals surface area (Å²) in [6, 6.07) is 12.1. The van der Waals surface area contributed by atoms with Crippen LogP contribution in [0.4, 0.5) is 4.39 Å². The molecule has 2 aromatic carbocycles. The molecule has 0 saturated carbocycles. The third kappa shape index (κ3) is 2.09. The molecule has 0 aliphatic carbocycles. The Morgan fingerprint density at radius 1 is 1.16 bits per heavy atom. The number of halogens is 3. The summed E-state index contributed by atoms with van der Waals surface area (Å²) >= 11 is 11.9. The van der Waals surface area contributed by atoms with E-state index in [1.807, 2.05) is 22.8 Å². The average molecular weight is 295 g/mol. The zero-order chi connectivity index (χ0) is 13.4. The number of hydrogen-bond donors (Lipinski definition) is 0.